The lowest BCUT2D eigenvalue weighted by atomic mass is 10.1. The first kappa shape index (κ1) is 13.7. The predicted octanol–water partition coefficient (Wildman–Crippen LogP) is 1.35. The Bertz CT molecular complexity index is 445. The fraction of sp³-hybridized carbons (Fsp3) is 0.500. The van der Waals surface area contributed by atoms with E-state index in [-0.39, 0.29) is 12.0 Å². The van der Waals surface area contributed by atoms with Gasteiger partial charge in [0, 0.05) is 12.1 Å². The maximum absolute atomic E-state index is 11.9. The third-order valence-electron chi connectivity index (χ3n) is 2.89. The van der Waals surface area contributed by atoms with Crippen molar-refractivity contribution in [2.24, 2.45) is 0 Å². The van der Waals surface area contributed by atoms with Crippen LogP contribution in [-0.4, -0.2) is 36.9 Å². The third kappa shape index (κ3) is 3.86. The molecule has 0 aromatic heterocycles. The van der Waals surface area contributed by atoms with Crippen LogP contribution in [0.3, 0.4) is 0 Å². The van der Waals surface area contributed by atoms with Gasteiger partial charge in [-0.05, 0) is 38.0 Å². The van der Waals surface area contributed by atoms with Gasteiger partial charge in [0.05, 0.1) is 6.10 Å². The van der Waals surface area contributed by atoms with E-state index in [1.807, 2.05) is 0 Å². The van der Waals surface area contributed by atoms with Crippen LogP contribution in [0.5, 0.6) is 11.5 Å². The molecule has 0 spiro atoms. The van der Waals surface area contributed by atoms with Crippen molar-refractivity contribution < 1.29 is 19.4 Å². The zero-order valence-corrected chi connectivity index (χ0v) is 11.0. The molecule has 5 heteroatoms. The average molecular weight is 265 g/mol. The minimum atomic E-state index is -0.328. The van der Waals surface area contributed by atoms with Gasteiger partial charge in [-0.15, -0.1) is 0 Å². The van der Waals surface area contributed by atoms with E-state index in [0.717, 1.165) is 6.42 Å². The number of rotatable bonds is 5. The Morgan fingerprint density at radius 2 is 2.11 bits per heavy atom. The molecule has 2 N–H and O–H groups in total. The predicted molar refractivity (Wildman–Crippen MR) is 70.7 cm³/mol. The highest BCUT2D eigenvalue weighted by atomic mass is 16.6. The molecule has 0 bridgehead atoms. The second-order valence-electron chi connectivity index (χ2n) is 4.61. The second kappa shape index (κ2) is 6.43. The van der Waals surface area contributed by atoms with Crippen molar-refractivity contribution >= 4 is 5.91 Å². The molecule has 1 aliphatic heterocycles. The van der Waals surface area contributed by atoms with Crippen molar-refractivity contribution in [1.29, 1.82) is 0 Å². The summed E-state index contributed by atoms with van der Waals surface area (Å²) >= 11 is 0. The Morgan fingerprint density at radius 1 is 1.37 bits per heavy atom. The molecule has 1 unspecified atom stereocenters. The van der Waals surface area contributed by atoms with Crippen LogP contribution < -0.4 is 14.8 Å². The molecule has 104 valence electrons. The number of hydrogen-bond acceptors (Lipinski definition) is 4. The lowest BCUT2D eigenvalue weighted by Crippen LogP contribution is -2.25. The number of benzene rings is 1. The molecule has 1 amide bonds. The van der Waals surface area contributed by atoms with Gasteiger partial charge in [-0.25, -0.2) is 0 Å². The number of hydrogen-bond donors (Lipinski definition) is 2. The molecule has 1 aromatic carbocycles. The molecule has 1 atom stereocenters. The maximum atomic E-state index is 11.9. The van der Waals surface area contributed by atoms with Gasteiger partial charge in [0.1, 0.15) is 13.2 Å². The number of ether oxygens (including phenoxy) is 2. The second-order valence-corrected chi connectivity index (χ2v) is 4.61. The molecule has 0 aliphatic carbocycles. The number of amides is 1. The molecule has 1 heterocycles. The molecule has 0 fully saturated rings. The van der Waals surface area contributed by atoms with Gasteiger partial charge >= 0.3 is 0 Å². The van der Waals surface area contributed by atoms with Crippen LogP contribution in [0.4, 0.5) is 0 Å². The molecule has 5 nitrogen and oxygen atoms in total. The SMILES string of the molecule is CC(O)CCCNC(=O)c1ccc2c(c1)OCCO2. The maximum Gasteiger partial charge on any atom is 0.251 e. The number of nitrogens with one attached hydrogen (secondary N) is 1. The monoisotopic (exact) mass is 265 g/mol. The van der Waals surface area contributed by atoms with Crippen molar-refractivity contribution in [2.75, 3.05) is 19.8 Å². The van der Waals surface area contributed by atoms with E-state index in [9.17, 15) is 4.79 Å². The summed E-state index contributed by atoms with van der Waals surface area (Å²) in [4.78, 5) is 11.9. The van der Waals surface area contributed by atoms with Gasteiger partial charge < -0.3 is 19.9 Å². The molecule has 2 rings (SSSR count). The Morgan fingerprint density at radius 3 is 2.84 bits per heavy atom. The quantitative estimate of drug-likeness (QED) is 0.789. The zero-order valence-electron chi connectivity index (χ0n) is 11.0. The summed E-state index contributed by atoms with van der Waals surface area (Å²) in [5.74, 6) is 1.15. The fourth-order valence-electron chi connectivity index (χ4n) is 1.89. The lowest BCUT2D eigenvalue weighted by molar-refractivity contribution is 0.0948. The smallest absolute Gasteiger partial charge is 0.251 e. The first-order valence-electron chi connectivity index (χ1n) is 6.53. The van der Waals surface area contributed by atoms with Gasteiger partial charge in [0.15, 0.2) is 11.5 Å². The molecule has 1 aliphatic rings. The van der Waals surface area contributed by atoms with Crippen LogP contribution in [0.2, 0.25) is 0 Å². The Labute approximate surface area is 112 Å². The van der Waals surface area contributed by atoms with Crippen molar-refractivity contribution in [3.8, 4) is 11.5 Å². The van der Waals surface area contributed by atoms with Gasteiger partial charge in [-0.2, -0.15) is 0 Å². The van der Waals surface area contributed by atoms with Gasteiger partial charge in [-0.3, -0.25) is 4.79 Å². The number of fused-ring (bicyclic) bond motifs is 1. The van der Waals surface area contributed by atoms with E-state index >= 15 is 0 Å². The highest BCUT2D eigenvalue weighted by Gasteiger charge is 2.14. The number of aliphatic hydroxyl groups excluding tert-OH is 1. The number of aliphatic hydroxyl groups is 1. The summed E-state index contributed by atoms with van der Waals surface area (Å²) < 4.78 is 10.8. The Balaban J connectivity index is 1.88. The molecule has 1 aromatic rings. The Kier molecular flexibility index (Phi) is 4.63. The molecule has 19 heavy (non-hydrogen) atoms. The standard InChI is InChI=1S/C14H19NO4/c1-10(16)3-2-6-15-14(17)11-4-5-12-13(9-11)19-8-7-18-12/h4-5,9-10,16H,2-3,6-8H2,1H3,(H,15,17). The van der Waals surface area contributed by atoms with E-state index in [2.05, 4.69) is 5.32 Å². The lowest BCUT2D eigenvalue weighted by Gasteiger charge is -2.18. The average Bonchev–Trinajstić information content (AvgIpc) is 2.42. The number of carbonyl (C=O) groups is 1. The topological polar surface area (TPSA) is 67.8 Å². The van der Waals surface area contributed by atoms with Gasteiger partial charge in [0.2, 0.25) is 0 Å². The van der Waals surface area contributed by atoms with E-state index in [1.165, 1.54) is 0 Å². The largest absolute Gasteiger partial charge is 0.486 e. The van der Waals surface area contributed by atoms with Crippen molar-refractivity contribution in [1.82, 2.24) is 5.32 Å². The first-order chi connectivity index (χ1) is 9.16. The normalized spacial score (nSPS) is 14.8. The fourth-order valence-corrected chi connectivity index (χ4v) is 1.89. The van der Waals surface area contributed by atoms with Crippen LogP contribution in [0.1, 0.15) is 30.1 Å². The van der Waals surface area contributed by atoms with Crippen LogP contribution >= 0.6 is 0 Å². The van der Waals surface area contributed by atoms with E-state index < -0.39 is 0 Å². The van der Waals surface area contributed by atoms with Gasteiger partial charge in [-0.1, -0.05) is 0 Å². The third-order valence-corrected chi connectivity index (χ3v) is 2.89. The molecule has 0 saturated heterocycles. The number of carbonyl (C=O) groups excluding carboxylic acids is 1. The zero-order chi connectivity index (χ0) is 13.7. The molecule has 0 radical (unpaired) electrons. The van der Waals surface area contributed by atoms with E-state index in [4.69, 9.17) is 14.6 Å². The van der Waals surface area contributed by atoms with Crippen molar-refractivity contribution in [3.05, 3.63) is 23.8 Å². The van der Waals surface area contributed by atoms with Crippen LogP contribution in [0.15, 0.2) is 18.2 Å². The molecular formula is C14H19NO4. The minimum absolute atomic E-state index is 0.137. The van der Waals surface area contributed by atoms with Crippen LogP contribution in [0.25, 0.3) is 0 Å². The Hall–Kier alpha value is -1.75. The van der Waals surface area contributed by atoms with Crippen molar-refractivity contribution in [2.45, 2.75) is 25.9 Å². The van der Waals surface area contributed by atoms with Crippen LogP contribution in [0, 0.1) is 0 Å². The summed E-state index contributed by atoms with van der Waals surface area (Å²) in [5.41, 5.74) is 0.557. The van der Waals surface area contributed by atoms with Gasteiger partial charge in [0.25, 0.3) is 5.91 Å². The molecular weight excluding hydrogens is 246 g/mol. The van der Waals surface area contributed by atoms with E-state index in [0.29, 0.717) is 43.2 Å². The summed E-state index contributed by atoms with van der Waals surface area (Å²) in [6.07, 6.45) is 1.11. The highest BCUT2D eigenvalue weighted by molar-refractivity contribution is 5.94. The van der Waals surface area contributed by atoms with Crippen LogP contribution in [-0.2, 0) is 0 Å². The first-order valence-corrected chi connectivity index (χ1v) is 6.53. The highest BCUT2D eigenvalue weighted by Crippen LogP contribution is 2.30. The summed E-state index contributed by atoms with van der Waals surface area (Å²) in [5, 5.41) is 11.9. The summed E-state index contributed by atoms with van der Waals surface area (Å²) in [6, 6.07) is 5.16. The van der Waals surface area contributed by atoms with Crippen molar-refractivity contribution in [3.63, 3.8) is 0 Å². The summed E-state index contributed by atoms with van der Waals surface area (Å²) in [7, 11) is 0. The minimum Gasteiger partial charge on any atom is -0.486 e. The summed E-state index contributed by atoms with van der Waals surface area (Å²) in [6.45, 7) is 3.34. The molecule has 0 saturated carbocycles. The van der Waals surface area contributed by atoms with E-state index in [1.54, 1.807) is 25.1 Å².